The number of nitrogens with zero attached hydrogens (tertiary/aromatic N) is 4. The van der Waals surface area contributed by atoms with Gasteiger partial charge in [-0.3, -0.25) is 19.2 Å². The lowest BCUT2D eigenvalue weighted by atomic mass is 10.1. The summed E-state index contributed by atoms with van der Waals surface area (Å²) in [5.74, 6) is -4.64. The van der Waals surface area contributed by atoms with E-state index in [0.717, 1.165) is 17.0 Å². The van der Waals surface area contributed by atoms with Crippen LogP contribution < -0.4 is 20.7 Å². The van der Waals surface area contributed by atoms with Crippen LogP contribution in [-0.2, 0) is 22.6 Å². The van der Waals surface area contributed by atoms with Crippen LogP contribution >= 0.6 is 0 Å². The number of carbonyl (C=O) groups is 3. The summed E-state index contributed by atoms with van der Waals surface area (Å²) in [6.07, 6.45) is -5.19. The van der Waals surface area contributed by atoms with E-state index in [9.17, 15) is 33.1 Å². The van der Waals surface area contributed by atoms with Crippen LogP contribution in [0.4, 0.5) is 33.7 Å². The minimum atomic E-state index is -3.24. The second-order valence-corrected chi connectivity index (χ2v) is 9.00. The number of aromatic nitrogens is 2. The molecule has 1 fully saturated rings. The summed E-state index contributed by atoms with van der Waals surface area (Å²) in [6, 6.07) is 6.08. The van der Waals surface area contributed by atoms with Crippen molar-refractivity contribution in [2.45, 2.75) is 25.6 Å². The lowest BCUT2D eigenvalue weighted by molar-refractivity contribution is -0.132. The van der Waals surface area contributed by atoms with Crippen molar-refractivity contribution >= 4 is 40.2 Å². The van der Waals surface area contributed by atoms with E-state index >= 15 is 8.78 Å². The second kappa shape index (κ2) is 9.96. The van der Waals surface area contributed by atoms with E-state index in [2.05, 4.69) is 0 Å². The molecule has 2 amide bonds. The van der Waals surface area contributed by atoms with E-state index in [4.69, 9.17) is 4.74 Å². The molecule has 2 N–H and O–H groups in total. The number of benzene rings is 2. The van der Waals surface area contributed by atoms with Crippen molar-refractivity contribution in [2.75, 3.05) is 36.0 Å². The summed E-state index contributed by atoms with van der Waals surface area (Å²) >= 11 is 0. The molecule has 11 nitrogen and oxygen atoms in total. The Morgan fingerprint density at radius 1 is 1.03 bits per heavy atom. The minimum Gasteiger partial charge on any atom is -0.478 e. The molecule has 1 aromatic heterocycles. The fraction of sp³-hybridized carbons (Fsp3) is 0.333. The van der Waals surface area contributed by atoms with E-state index < -0.39 is 54.2 Å². The summed E-state index contributed by atoms with van der Waals surface area (Å²) in [4.78, 5) is 49.8. The van der Waals surface area contributed by atoms with Crippen molar-refractivity contribution in [1.82, 2.24) is 14.7 Å². The van der Waals surface area contributed by atoms with Crippen molar-refractivity contribution in [3.63, 3.8) is 0 Å². The van der Waals surface area contributed by atoms with Crippen molar-refractivity contribution < 1.29 is 41.8 Å². The molecule has 2 aromatic carbocycles. The van der Waals surface area contributed by atoms with Crippen LogP contribution in [0.1, 0.15) is 10.4 Å². The normalized spacial score (nSPS) is 17.4. The number of nitrogens with one attached hydrogen (secondary N) is 1. The third-order valence-electron chi connectivity index (χ3n) is 6.65. The summed E-state index contributed by atoms with van der Waals surface area (Å²) in [7, 11) is 0. The maximum atomic E-state index is 15.2. The third kappa shape index (κ3) is 4.75. The zero-order valence-corrected chi connectivity index (χ0v) is 20.1. The van der Waals surface area contributed by atoms with E-state index in [0.29, 0.717) is 5.52 Å². The highest BCUT2D eigenvalue weighted by atomic mass is 19.3. The molecule has 3 heterocycles. The highest BCUT2D eigenvalue weighted by Crippen LogP contribution is 2.31. The number of carboxylic acid groups (broad SMARTS) is 1. The van der Waals surface area contributed by atoms with Gasteiger partial charge in [-0.2, -0.15) is 8.78 Å². The number of aromatic carboxylic acids is 1. The van der Waals surface area contributed by atoms with Crippen molar-refractivity contribution in [2.24, 2.45) is 0 Å². The summed E-state index contributed by atoms with van der Waals surface area (Å²) in [5, 5.41) is 11.4. The average Bonchev–Trinajstić information content (AvgIpc) is 3.29. The first-order chi connectivity index (χ1) is 18.5. The Morgan fingerprint density at radius 2 is 1.69 bits per heavy atom. The molecule has 3 aromatic rings. The van der Waals surface area contributed by atoms with Crippen LogP contribution in [-0.4, -0.2) is 71.1 Å². The number of rotatable bonds is 6. The lowest BCUT2D eigenvalue weighted by Gasteiger charge is -2.24. The predicted octanol–water partition coefficient (Wildman–Crippen LogP) is 2.01. The fourth-order valence-corrected chi connectivity index (χ4v) is 4.81. The number of carboxylic acids is 1. The maximum absolute atomic E-state index is 15.2. The fourth-order valence-electron chi connectivity index (χ4n) is 4.81. The van der Waals surface area contributed by atoms with Gasteiger partial charge < -0.3 is 20.1 Å². The van der Waals surface area contributed by atoms with E-state index in [1.165, 1.54) is 27.8 Å². The molecule has 0 saturated carbocycles. The Balaban J connectivity index is 1.34. The van der Waals surface area contributed by atoms with Gasteiger partial charge in [0.15, 0.2) is 11.6 Å². The number of ether oxygens (including phenoxy) is 1. The number of halogens is 4. The molecular formula is C24H21F4N5O6. The quantitative estimate of drug-likeness (QED) is 0.449. The third-order valence-corrected chi connectivity index (χ3v) is 6.65. The van der Waals surface area contributed by atoms with Crippen LogP contribution in [0.15, 0.2) is 35.1 Å². The number of hydrogen-bond donors (Lipinski definition) is 2. The smallest absolute Gasteiger partial charge is 0.414 e. The number of alkyl halides is 2. The van der Waals surface area contributed by atoms with Gasteiger partial charge in [0, 0.05) is 25.2 Å². The first-order valence-electron chi connectivity index (χ1n) is 11.8. The molecule has 2 aliphatic heterocycles. The van der Waals surface area contributed by atoms with Crippen molar-refractivity contribution in [3.05, 3.63) is 57.9 Å². The molecule has 1 atom stereocenters. The largest absolute Gasteiger partial charge is 0.478 e. The molecule has 0 spiro atoms. The van der Waals surface area contributed by atoms with Gasteiger partial charge in [-0.05, 0) is 18.2 Å². The van der Waals surface area contributed by atoms with E-state index in [1.54, 1.807) is 4.68 Å². The van der Waals surface area contributed by atoms with Crippen molar-refractivity contribution in [3.8, 4) is 0 Å². The number of hydrogen-bond acceptors (Lipinski definition) is 6. The van der Waals surface area contributed by atoms with Gasteiger partial charge in [-0.1, -0.05) is 0 Å². The van der Waals surface area contributed by atoms with Gasteiger partial charge in [0.05, 0.1) is 48.3 Å². The van der Waals surface area contributed by atoms with E-state index in [1.807, 2.05) is 5.32 Å². The lowest BCUT2D eigenvalue weighted by Crippen LogP contribution is -2.37. The molecule has 0 aliphatic carbocycles. The molecule has 1 saturated heterocycles. The number of anilines is 2. The number of fused-ring (bicyclic) bond motifs is 3. The second-order valence-electron chi connectivity index (χ2n) is 9.00. The molecule has 0 radical (unpaired) electrons. The monoisotopic (exact) mass is 551 g/mol. The molecule has 0 unspecified atom stereocenters. The number of cyclic esters (lactones) is 1. The average molecular weight is 551 g/mol. The van der Waals surface area contributed by atoms with Crippen LogP contribution in [0, 0.1) is 11.6 Å². The zero-order chi connectivity index (χ0) is 28.0. The maximum Gasteiger partial charge on any atom is 0.414 e. The van der Waals surface area contributed by atoms with E-state index in [-0.39, 0.29) is 55.0 Å². The van der Waals surface area contributed by atoms with Crippen LogP contribution in [0.5, 0.6) is 0 Å². The highest BCUT2D eigenvalue weighted by molar-refractivity contribution is 5.93. The Bertz CT molecular complexity index is 1530. The van der Waals surface area contributed by atoms with Crippen LogP contribution in [0.25, 0.3) is 10.9 Å². The molecule has 2 aliphatic rings. The van der Waals surface area contributed by atoms with Gasteiger partial charge >= 0.3 is 18.5 Å². The summed E-state index contributed by atoms with van der Waals surface area (Å²) < 4.78 is 63.2. The molecule has 15 heteroatoms. The molecule has 0 bridgehead atoms. The SMILES string of the molecule is O=C(O)c1ccc2c(c1)c(=O)n1n2CCN(c2c(F)cc(N3C[C@H](CNC(=O)C(F)F)OC3=O)cc2F)CC1. The van der Waals surface area contributed by atoms with Crippen LogP contribution in [0.3, 0.4) is 0 Å². The van der Waals surface area contributed by atoms with Crippen LogP contribution in [0.2, 0.25) is 0 Å². The van der Waals surface area contributed by atoms with Gasteiger partial charge in [0.2, 0.25) is 0 Å². The molecule has 206 valence electrons. The minimum absolute atomic E-state index is 0.0297. The molecular weight excluding hydrogens is 530 g/mol. The zero-order valence-electron chi connectivity index (χ0n) is 20.1. The number of carbonyl (C=O) groups excluding carboxylic acids is 2. The van der Waals surface area contributed by atoms with Gasteiger partial charge in [-0.25, -0.2) is 23.1 Å². The summed E-state index contributed by atoms with van der Waals surface area (Å²) in [5.41, 5.74) is -0.465. The first-order valence-corrected chi connectivity index (χ1v) is 11.8. The Hall–Kier alpha value is -4.56. The van der Waals surface area contributed by atoms with Crippen molar-refractivity contribution in [1.29, 1.82) is 0 Å². The Labute approximate surface area is 216 Å². The molecule has 5 rings (SSSR count). The number of amides is 2. The Kier molecular flexibility index (Phi) is 6.66. The standard InChI is InChI=1S/C24H21F4N5O6/c25-16-8-13(31-11-14(39-24(31)38)10-29-21(34)20(27)28)9-17(26)19(16)30-3-5-32-18-2-1-12(23(36)37)7-15(18)22(35)33(32)6-4-30/h1-2,7-9,14,20H,3-6,10-11H2,(H,29,34)(H,36,37)/t14-/m0/s1. The predicted molar refractivity (Wildman–Crippen MR) is 128 cm³/mol. The van der Waals surface area contributed by atoms with Gasteiger partial charge in [0.25, 0.3) is 11.5 Å². The van der Waals surface area contributed by atoms with Gasteiger partial charge in [0.1, 0.15) is 11.8 Å². The first kappa shape index (κ1) is 26.1. The molecule has 39 heavy (non-hydrogen) atoms. The topological polar surface area (TPSA) is 126 Å². The summed E-state index contributed by atoms with van der Waals surface area (Å²) in [6.45, 7) is -0.188. The Morgan fingerprint density at radius 3 is 2.33 bits per heavy atom. The highest BCUT2D eigenvalue weighted by Gasteiger charge is 2.34. The van der Waals surface area contributed by atoms with Gasteiger partial charge in [-0.15, -0.1) is 0 Å².